The van der Waals surface area contributed by atoms with Crippen molar-refractivity contribution in [2.24, 2.45) is 0 Å². The summed E-state index contributed by atoms with van der Waals surface area (Å²) in [5, 5.41) is 3.20. The summed E-state index contributed by atoms with van der Waals surface area (Å²) in [7, 11) is 0. The summed E-state index contributed by atoms with van der Waals surface area (Å²) in [5.41, 5.74) is 5.08. The van der Waals surface area contributed by atoms with Gasteiger partial charge in [-0.15, -0.1) is 0 Å². The number of amides is 1. The smallest absolute Gasteiger partial charge is 0.252 e. The zero-order chi connectivity index (χ0) is 20.1. The van der Waals surface area contributed by atoms with Crippen molar-refractivity contribution in [3.8, 4) is 0 Å². The minimum absolute atomic E-state index is 0.0893. The van der Waals surface area contributed by atoms with E-state index < -0.39 is 0 Å². The second-order valence-corrected chi connectivity index (χ2v) is 7.16. The third kappa shape index (κ3) is 4.61. The molecular formula is C25H23N3O. The summed E-state index contributed by atoms with van der Waals surface area (Å²) < 4.78 is 2.00. The normalized spacial score (nSPS) is 11.8. The van der Waals surface area contributed by atoms with Crippen molar-refractivity contribution in [3.05, 3.63) is 125 Å². The summed E-state index contributed by atoms with van der Waals surface area (Å²) >= 11 is 0. The summed E-state index contributed by atoms with van der Waals surface area (Å²) in [6.45, 7) is 2.79. The van der Waals surface area contributed by atoms with Crippen molar-refractivity contribution in [2.45, 2.75) is 19.5 Å². The van der Waals surface area contributed by atoms with Gasteiger partial charge in [0.1, 0.15) is 0 Å². The van der Waals surface area contributed by atoms with Gasteiger partial charge in [0.25, 0.3) is 5.91 Å². The van der Waals surface area contributed by atoms with Gasteiger partial charge < -0.3 is 9.88 Å². The number of nitrogens with one attached hydrogen (secondary N) is 1. The molecule has 144 valence electrons. The molecule has 0 radical (unpaired) electrons. The largest absolute Gasteiger partial charge is 0.341 e. The van der Waals surface area contributed by atoms with Crippen LogP contribution in [0.15, 0.2) is 97.6 Å². The minimum atomic E-state index is -0.199. The van der Waals surface area contributed by atoms with Crippen LogP contribution in [0.2, 0.25) is 0 Å². The van der Waals surface area contributed by atoms with Crippen molar-refractivity contribution in [3.63, 3.8) is 0 Å². The van der Waals surface area contributed by atoms with Crippen LogP contribution >= 0.6 is 0 Å². The lowest BCUT2D eigenvalue weighted by molar-refractivity contribution is 0.0943. The monoisotopic (exact) mass is 381 g/mol. The van der Waals surface area contributed by atoms with Gasteiger partial charge in [-0.1, -0.05) is 72.3 Å². The van der Waals surface area contributed by atoms with E-state index in [1.54, 1.807) is 12.5 Å². The summed E-state index contributed by atoms with van der Waals surface area (Å²) in [4.78, 5) is 17.0. The summed E-state index contributed by atoms with van der Waals surface area (Å²) in [6, 6.07) is 25.9. The molecule has 0 spiro atoms. The highest BCUT2D eigenvalue weighted by atomic mass is 16.1. The first kappa shape index (κ1) is 18.7. The van der Waals surface area contributed by atoms with Crippen LogP contribution in [0, 0.1) is 6.92 Å². The molecule has 1 heterocycles. The number of benzene rings is 3. The molecule has 4 heteroatoms. The number of aryl methyl sites for hydroxylation is 1. The fourth-order valence-electron chi connectivity index (χ4n) is 3.33. The highest BCUT2D eigenvalue weighted by molar-refractivity contribution is 5.94. The lowest BCUT2D eigenvalue weighted by atomic mass is 9.97. The van der Waals surface area contributed by atoms with Gasteiger partial charge in [0.2, 0.25) is 0 Å². The molecule has 1 N–H and O–H groups in total. The van der Waals surface area contributed by atoms with E-state index in [0.29, 0.717) is 5.56 Å². The van der Waals surface area contributed by atoms with Gasteiger partial charge >= 0.3 is 0 Å². The van der Waals surface area contributed by atoms with Crippen LogP contribution in [-0.2, 0) is 6.54 Å². The highest BCUT2D eigenvalue weighted by Crippen LogP contribution is 2.23. The Morgan fingerprint density at radius 2 is 1.62 bits per heavy atom. The van der Waals surface area contributed by atoms with Gasteiger partial charge in [-0.05, 0) is 35.7 Å². The Morgan fingerprint density at radius 3 is 2.28 bits per heavy atom. The van der Waals surface area contributed by atoms with E-state index in [2.05, 4.69) is 41.5 Å². The first-order valence-electron chi connectivity index (χ1n) is 9.66. The maximum atomic E-state index is 13.0. The van der Waals surface area contributed by atoms with Crippen LogP contribution in [0.1, 0.15) is 38.7 Å². The zero-order valence-electron chi connectivity index (χ0n) is 16.3. The number of imidazole rings is 1. The van der Waals surface area contributed by atoms with E-state index in [-0.39, 0.29) is 11.9 Å². The van der Waals surface area contributed by atoms with Crippen LogP contribution in [0.5, 0.6) is 0 Å². The molecular weight excluding hydrogens is 358 g/mol. The SMILES string of the molecule is Cc1ccc([C@@H](NC(=O)c2ccc(Cn3ccnc3)cc2)c2ccccc2)cc1. The first-order valence-corrected chi connectivity index (χ1v) is 9.66. The molecule has 3 aromatic carbocycles. The Bertz CT molecular complexity index is 1050. The number of hydrogen-bond donors (Lipinski definition) is 1. The van der Waals surface area contributed by atoms with Crippen molar-refractivity contribution < 1.29 is 4.79 Å². The average molecular weight is 381 g/mol. The predicted molar refractivity (Wildman–Crippen MR) is 115 cm³/mol. The van der Waals surface area contributed by atoms with Crippen LogP contribution in [-0.4, -0.2) is 15.5 Å². The molecule has 0 aliphatic carbocycles. The molecule has 4 aromatic rings. The second kappa shape index (κ2) is 8.57. The molecule has 0 bridgehead atoms. The third-order valence-electron chi connectivity index (χ3n) is 4.96. The Morgan fingerprint density at radius 1 is 0.931 bits per heavy atom. The summed E-state index contributed by atoms with van der Waals surface area (Å²) in [6.07, 6.45) is 5.47. The first-order chi connectivity index (χ1) is 14.2. The molecule has 4 rings (SSSR count). The number of nitrogens with zero attached hydrogens (tertiary/aromatic N) is 2. The van der Waals surface area contributed by atoms with Crippen molar-refractivity contribution >= 4 is 5.91 Å². The minimum Gasteiger partial charge on any atom is -0.341 e. The van der Waals surface area contributed by atoms with Gasteiger partial charge in [-0.25, -0.2) is 4.98 Å². The fraction of sp³-hybridized carbons (Fsp3) is 0.120. The Labute approximate surface area is 170 Å². The molecule has 29 heavy (non-hydrogen) atoms. The molecule has 1 amide bonds. The number of hydrogen-bond acceptors (Lipinski definition) is 2. The predicted octanol–water partition coefficient (Wildman–Crippen LogP) is 4.76. The zero-order valence-corrected chi connectivity index (χ0v) is 16.3. The molecule has 0 aliphatic heterocycles. The molecule has 0 unspecified atom stereocenters. The molecule has 4 nitrogen and oxygen atoms in total. The number of carbonyl (C=O) groups excluding carboxylic acids is 1. The highest BCUT2D eigenvalue weighted by Gasteiger charge is 2.17. The molecule has 1 aromatic heterocycles. The van der Waals surface area contributed by atoms with E-state index in [4.69, 9.17) is 0 Å². The topological polar surface area (TPSA) is 46.9 Å². The quantitative estimate of drug-likeness (QED) is 0.523. The molecule has 1 atom stereocenters. The van der Waals surface area contributed by atoms with Crippen LogP contribution in [0.4, 0.5) is 0 Å². The number of carbonyl (C=O) groups is 1. The molecule has 0 fully saturated rings. The molecule has 0 saturated carbocycles. The maximum absolute atomic E-state index is 13.0. The van der Waals surface area contributed by atoms with Gasteiger partial charge in [0.15, 0.2) is 0 Å². The van der Waals surface area contributed by atoms with Gasteiger partial charge in [-0.2, -0.15) is 0 Å². The van der Waals surface area contributed by atoms with Crippen LogP contribution in [0.25, 0.3) is 0 Å². The Kier molecular flexibility index (Phi) is 5.52. The van der Waals surface area contributed by atoms with Crippen LogP contribution in [0.3, 0.4) is 0 Å². The Hall–Kier alpha value is -3.66. The van der Waals surface area contributed by atoms with E-state index >= 15 is 0 Å². The third-order valence-corrected chi connectivity index (χ3v) is 4.96. The summed E-state index contributed by atoms with van der Waals surface area (Å²) in [5.74, 6) is -0.0893. The molecule has 0 saturated heterocycles. The van der Waals surface area contributed by atoms with Gasteiger partial charge in [0, 0.05) is 24.5 Å². The second-order valence-electron chi connectivity index (χ2n) is 7.16. The van der Waals surface area contributed by atoms with Gasteiger partial charge in [0.05, 0.1) is 12.4 Å². The van der Waals surface area contributed by atoms with Crippen molar-refractivity contribution in [1.82, 2.24) is 14.9 Å². The lowest BCUT2D eigenvalue weighted by Crippen LogP contribution is -2.29. The van der Waals surface area contributed by atoms with E-state index in [9.17, 15) is 4.79 Å². The van der Waals surface area contributed by atoms with Crippen molar-refractivity contribution in [2.75, 3.05) is 0 Å². The maximum Gasteiger partial charge on any atom is 0.252 e. The van der Waals surface area contributed by atoms with Gasteiger partial charge in [-0.3, -0.25) is 4.79 Å². The lowest BCUT2D eigenvalue weighted by Gasteiger charge is -2.20. The Balaban J connectivity index is 1.54. The van der Waals surface area contributed by atoms with E-state index in [0.717, 1.165) is 23.2 Å². The average Bonchev–Trinajstić information content (AvgIpc) is 3.27. The van der Waals surface area contributed by atoms with E-state index in [1.165, 1.54) is 5.56 Å². The van der Waals surface area contributed by atoms with E-state index in [1.807, 2.05) is 65.4 Å². The van der Waals surface area contributed by atoms with Crippen LogP contribution < -0.4 is 5.32 Å². The van der Waals surface area contributed by atoms with Crippen molar-refractivity contribution in [1.29, 1.82) is 0 Å². The molecule has 0 aliphatic rings. The standard InChI is InChI=1S/C25H23N3O/c1-19-7-11-22(12-8-19)24(21-5-3-2-4-6-21)27-25(29)23-13-9-20(10-14-23)17-28-16-15-26-18-28/h2-16,18,24H,17H2,1H3,(H,27,29)/t24-/m0/s1. The number of aromatic nitrogens is 2. The fourth-order valence-corrected chi connectivity index (χ4v) is 3.33. The number of rotatable bonds is 6.